The fourth-order valence-corrected chi connectivity index (χ4v) is 22.1. The third-order valence-corrected chi connectivity index (χ3v) is 28.7. The molecule has 0 fully saturated rings. The van der Waals surface area contributed by atoms with E-state index in [1.54, 1.807) is 0 Å². The maximum atomic E-state index is 5.15. The van der Waals surface area contributed by atoms with Gasteiger partial charge in [0.1, 0.15) is 11.6 Å². The van der Waals surface area contributed by atoms with E-state index in [0.717, 1.165) is 141 Å². The number of fused-ring (bicyclic) bond motifs is 1. The number of pyridine rings is 2. The zero-order valence-electron chi connectivity index (χ0n) is 81.7. The van der Waals surface area contributed by atoms with Crippen LogP contribution in [-0.4, -0.2) is 19.9 Å². The summed E-state index contributed by atoms with van der Waals surface area (Å²) in [6.45, 7) is 2.11. The van der Waals surface area contributed by atoms with Crippen molar-refractivity contribution in [2.24, 2.45) is 0 Å². The highest BCUT2D eigenvalue weighted by Crippen LogP contribution is 2.55. The van der Waals surface area contributed by atoms with Gasteiger partial charge in [0.05, 0.1) is 39.8 Å². The Labute approximate surface area is 864 Å². The van der Waals surface area contributed by atoms with Crippen molar-refractivity contribution in [2.45, 2.75) is 6.92 Å². The van der Waals surface area contributed by atoms with Gasteiger partial charge in [-0.1, -0.05) is 376 Å². The highest BCUT2D eigenvalue weighted by molar-refractivity contribution is 6.32. The van der Waals surface area contributed by atoms with E-state index in [0.29, 0.717) is 5.95 Å². The lowest BCUT2D eigenvalue weighted by Gasteiger charge is -2.29. The molecule has 0 unspecified atom stereocenters. The predicted molar refractivity (Wildman–Crippen MR) is 628 cm³/mol. The molecule has 10 nitrogen and oxygen atoms in total. The normalized spacial score (nSPS) is 11.4. The summed E-state index contributed by atoms with van der Waals surface area (Å²) in [6.07, 6.45) is 5.73. The Morgan fingerprint density at radius 1 is 0.168 bits per heavy atom. The smallest absolute Gasteiger partial charge is 0.235 e. The van der Waals surface area contributed by atoms with Gasteiger partial charge in [-0.15, -0.1) is 0 Å². The van der Waals surface area contributed by atoms with Gasteiger partial charge >= 0.3 is 0 Å². The quantitative estimate of drug-likeness (QED) is 0.0650. The minimum Gasteiger partial charge on any atom is -0.310 e. The zero-order valence-corrected chi connectivity index (χ0v) is 81.7. The molecule has 0 amide bonds. The molecule has 25 aromatic carbocycles. The van der Waals surface area contributed by atoms with Crippen molar-refractivity contribution in [3.63, 3.8) is 0 Å². The monoisotopic (exact) mass is 1900 g/mol. The lowest BCUT2D eigenvalue weighted by atomic mass is 9.91. The lowest BCUT2D eigenvalue weighted by molar-refractivity contribution is 1.09. The molecule has 149 heavy (non-hydrogen) atoms. The highest BCUT2D eigenvalue weighted by atomic mass is 15.3. The summed E-state index contributed by atoms with van der Waals surface area (Å²) in [5.74, 6) is 2.41. The van der Waals surface area contributed by atoms with E-state index in [4.69, 9.17) is 19.9 Å². The SMILES string of the molecule is Cc1cnc(N(c2ccccc2)c2ccc3ccc4c(N(c5ccccc5)c5ccccc5)ccc5ccc2c3c54)c(-c2ccccc2)c1.c1ccc(-c2ccnc(N(c3ccccc3)c3ccc4ccc5c(N(c6ccccc6)c6ccccc6)ccc6ccc3c4c65)n2)cc1.c1ccc(N(c2ccccc2)c2ccc3ccc4c(N(c5ccccc5)c5ncccc5-c5cccc6ccccc56)ccc5ccc2c3c54)cc1. The topological polar surface area (TPSA) is 71.0 Å². The molecule has 0 saturated carbocycles. The Hall–Kier alpha value is -19.9. The van der Waals surface area contributed by atoms with Gasteiger partial charge in [-0.3, -0.25) is 14.7 Å². The first kappa shape index (κ1) is 89.2. The number of rotatable bonds is 21. The van der Waals surface area contributed by atoms with Gasteiger partial charge in [-0.25, -0.2) is 19.9 Å². The molecule has 0 bridgehead atoms. The number of aryl methyl sites for hydroxylation is 1. The Balaban J connectivity index is 0.000000113. The number of hydrogen-bond acceptors (Lipinski definition) is 10. The maximum Gasteiger partial charge on any atom is 0.235 e. The Kier molecular flexibility index (Phi) is 23.4. The van der Waals surface area contributed by atoms with Crippen molar-refractivity contribution in [3.05, 3.63) is 570 Å². The van der Waals surface area contributed by atoms with Gasteiger partial charge in [0.15, 0.2) is 0 Å². The van der Waals surface area contributed by atoms with Gasteiger partial charge in [-0.05, 0) is 269 Å². The maximum absolute atomic E-state index is 5.15. The van der Waals surface area contributed by atoms with Crippen molar-refractivity contribution in [1.82, 2.24) is 19.9 Å². The number of para-hydroxylation sites is 9. The van der Waals surface area contributed by atoms with Crippen LogP contribution in [0, 0.1) is 6.92 Å². The summed E-state index contributed by atoms with van der Waals surface area (Å²) in [6, 6.07) is 194. The van der Waals surface area contributed by atoms with E-state index in [-0.39, 0.29) is 0 Å². The molecule has 3 aromatic heterocycles. The van der Waals surface area contributed by atoms with E-state index < -0.39 is 0 Å². The molecule has 28 rings (SSSR count). The average Bonchev–Trinajstić information content (AvgIpc) is 0.721. The molecule has 0 aliphatic carbocycles. The highest BCUT2D eigenvalue weighted by Gasteiger charge is 2.30. The van der Waals surface area contributed by atoms with Gasteiger partial charge < -0.3 is 14.7 Å². The Morgan fingerprint density at radius 2 is 0.436 bits per heavy atom. The second-order valence-corrected chi connectivity index (χ2v) is 37.6. The molecule has 10 heteroatoms. The van der Waals surface area contributed by atoms with E-state index in [1.165, 1.54) is 102 Å². The molecule has 0 radical (unpaired) electrons. The molecule has 0 saturated heterocycles. The molecule has 0 aliphatic rings. The molecule has 702 valence electrons. The largest absolute Gasteiger partial charge is 0.310 e. The number of nitrogens with zero attached hydrogens (tertiary/aromatic N) is 10. The van der Waals surface area contributed by atoms with Gasteiger partial charge in [0.2, 0.25) is 5.95 Å². The van der Waals surface area contributed by atoms with Crippen molar-refractivity contribution < 1.29 is 0 Å². The average molecular weight is 1910 g/mol. The van der Waals surface area contributed by atoms with Gasteiger partial charge in [0.25, 0.3) is 0 Å². The summed E-state index contributed by atoms with van der Waals surface area (Å²) >= 11 is 0. The summed E-state index contributed by atoms with van der Waals surface area (Å²) in [5, 5.41) is 24.3. The van der Waals surface area contributed by atoms with Crippen LogP contribution in [0.25, 0.3) is 141 Å². The van der Waals surface area contributed by atoms with Crippen LogP contribution in [0.1, 0.15) is 5.56 Å². The summed E-state index contributed by atoms with van der Waals surface area (Å²) in [5.41, 5.74) is 24.0. The fraction of sp³-hybridized carbons (Fsp3) is 0.00719. The Bertz CT molecular complexity index is 9540. The predicted octanol–water partition coefficient (Wildman–Crippen LogP) is 38.6. The molecule has 3 heterocycles. The van der Waals surface area contributed by atoms with Crippen LogP contribution in [-0.2, 0) is 0 Å². The number of benzene rings is 25. The van der Waals surface area contributed by atoms with Crippen LogP contribution in [0.5, 0.6) is 0 Å². The molecule has 0 N–H and O–H groups in total. The van der Waals surface area contributed by atoms with Crippen molar-refractivity contribution >= 4 is 211 Å². The van der Waals surface area contributed by atoms with Crippen LogP contribution in [0.2, 0.25) is 0 Å². The molecular formula is C139H96N10. The number of aromatic nitrogens is 4. The van der Waals surface area contributed by atoms with Crippen molar-refractivity contribution in [3.8, 4) is 33.5 Å². The van der Waals surface area contributed by atoms with E-state index in [9.17, 15) is 0 Å². The minimum absolute atomic E-state index is 0.623. The summed E-state index contributed by atoms with van der Waals surface area (Å²) < 4.78 is 0. The summed E-state index contributed by atoms with van der Waals surface area (Å²) in [7, 11) is 0. The number of hydrogen-bond donors (Lipinski definition) is 0. The third kappa shape index (κ3) is 16.5. The van der Waals surface area contributed by atoms with Crippen molar-refractivity contribution in [1.29, 1.82) is 0 Å². The first-order valence-electron chi connectivity index (χ1n) is 50.6. The molecular weight excluding hydrogens is 1810 g/mol. The second kappa shape index (κ2) is 39.1. The molecule has 0 spiro atoms. The van der Waals surface area contributed by atoms with Crippen LogP contribution < -0.4 is 29.4 Å². The van der Waals surface area contributed by atoms with Gasteiger partial charge in [-0.2, -0.15) is 0 Å². The van der Waals surface area contributed by atoms with E-state index in [1.807, 2.05) is 55.0 Å². The van der Waals surface area contributed by atoms with Crippen LogP contribution in [0.4, 0.5) is 103 Å². The first-order valence-corrected chi connectivity index (χ1v) is 50.6. The van der Waals surface area contributed by atoms with Gasteiger partial charge in [0, 0.05) is 119 Å². The first-order chi connectivity index (χ1) is 73.9. The third-order valence-electron chi connectivity index (χ3n) is 28.7. The zero-order chi connectivity index (χ0) is 99.0. The lowest BCUT2D eigenvalue weighted by Crippen LogP contribution is -2.14. The van der Waals surface area contributed by atoms with E-state index in [2.05, 4.69) is 546 Å². The van der Waals surface area contributed by atoms with Crippen molar-refractivity contribution in [2.75, 3.05) is 29.4 Å². The van der Waals surface area contributed by atoms with Crippen LogP contribution >= 0.6 is 0 Å². The minimum atomic E-state index is 0.623. The second-order valence-electron chi connectivity index (χ2n) is 37.6. The van der Waals surface area contributed by atoms with Crippen LogP contribution in [0.3, 0.4) is 0 Å². The number of anilines is 18. The Morgan fingerprint density at radius 3 is 0.785 bits per heavy atom. The molecule has 0 aliphatic heterocycles. The van der Waals surface area contributed by atoms with Crippen LogP contribution in [0.15, 0.2) is 565 Å². The molecule has 28 aromatic rings. The van der Waals surface area contributed by atoms with E-state index >= 15 is 0 Å². The summed E-state index contributed by atoms with van der Waals surface area (Å²) in [4.78, 5) is 34.2. The standard InChI is InChI=1S/C49H33N3.C46H33N3.C44H30N4/c1-4-16-37(17-5-1)51(38-18-6-2-7-19-38)45-31-27-35-26-30-44-46(32-28-36-25-29-43(45)47(35)48(36)44)52(39-20-8-3-9-21-39)49-42(24-13-33-50-49)41-23-12-15-34-14-10-11-22-40(34)41;1-32-30-41(33-14-6-2-7-15-33)46(47-31-32)49(38-20-12-5-13-21-38)43-29-25-35-22-26-39-42(28-24-34-23-27-40(43)45(35)44(34)39)48(36-16-8-3-9-17-36)37-18-10-4-11-19-37;1-5-13-31(14-6-1)39-29-30-45-44(46-39)48(36-19-11-4-12-20-36)41-28-24-33-21-25-37-40(27-23-32-22-26-38(41)43(33)42(32)37)47(34-15-7-2-8-16-34)35-17-9-3-10-18-35/h1-33H;2-31H,1H3;1-30H. The molecule has 0 atom stereocenters. The fourth-order valence-electron chi connectivity index (χ4n) is 22.1.